The molecule has 0 heterocycles. The number of hydrogen-bond donors (Lipinski definition) is 0. The van der Waals surface area contributed by atoms with Gasteiger partial charge in [-0.2, -0.15) is 0 Å². The van der Waals surface area contributed by atoms with Gasteiger partial charge in [-0.3, -0.25) is 4.79 Å². The van der Waals surface area contributed by atoms with Gasteiger partial charge in [0.05, 0.1) is 6.61 Å². The lowest BCUT2D eigenvalue weighted by Crippen LogP contribution is -2.66. The van der Waals surface area contributed by atoms with E-state index in [0.717, 1.165) is 37.7 Å². The molecule has 0 spiro atoms. The molecule has 0 fully saturated rings. The van der Waals surface area contributed by atoms with E-state index in [2.05, 4.69) is 114 Å². The molecule has 0 radical (unpaired) electrons. The average molecular weight is 515 g/mol. The first-order valence-corrected chi connectivity index (χ1v) is 15.4. The standard InChI is InChI=1S/C34H46O2Si/c1-28(17-14-15-20-31(4)35)18-16-19-29(2)25-26-30(3)27-36-37(34(5,6)7,32-21-10-8-11-22-32)33-23-12-9-13-24-33/h8-13,15,18,20-25H,3,14,16-17,19,26-27H2,1-2,4-7H3/b20-15+,28-18+,29-25+. The van der Waals surface area contributed by atoms with Gasteiger partial charge in [0.15, 0.2) is 5.78 Å². The van der Waals surface area contributed by atoms with Crippen LogP contribution in [0.25, 0.3) is 0 Å². The lowest BCUT2D eigenvalue weighted by atomic mass is 10.1. The lowest BCUT2D eigenvalue weighted by molar-refractivity contribution is -0.112. The molecule has 0 unspecified atom stereocenters. The van der Waals surface area contributed by atoms with Crippen molar-refractivity contribution in [3.63, 3.8) is 0 Å². The molecule has 0 saturated carbocycles. The molecule has 2 aromatic carbocycles. The van der Waals surface area contributed by atoms with Gasteiger partial charge in [0.25, 0.3) is 8.32 Å². The molecule has 198 valence electrons. The number of hydrogen-bond acceptors (Lipinski definition) is 2. The zero-order valence-electron chi connectivity index (χ0n) is 23.8. The van der Waals surface area contributed by atoms with Crippen LogP contribution in [0.2, 0.25) is 5.04 Å². The maximum absolute atomic E-state index is 11.0. The highest BCUT2D eigenvalue weighted by Gasteiger charge is 2.50. The first kappa shape index (κ1) is 30.5. The fraction of sp³-hybridized carbons (Fsp3) is 0.382. The number of benzene rings is 2. The molecule has 0 amide bonds. The van der Waals surface area contributed by atoms with E-state index in [1.54, 1.807) is 13.0 Å². The fourth-order valence-electron chi connectivity index (χ4n) is 4.66. The minimum atomic E-state index is -2.54. The number of allylic oxidation sites excluding steroid dienone is 6. The summed E-state index contributed by atoms with van der Waals surface area (Å²) in [4.78, 5) is 11.0. The minimum Gasteiger partial charge on any atom is -0.403 e. The summed E-state index contributed by atoms with van der Waals surface area (Å²) in [5.74, 6) is 0.112. The molecule has 2 rings (SSSR count). The van der Waals surface area contributed by atoms with E-state index >= 15 is 0 Å². The molecule has 0 saturated heterocycles. The second-order valence-corrected chi connectivity index (χ2v) is 15.4. The van der Waals surface area contributed by atoms with Crippen LogP contribution in [-0.2, 0) is 9.22 Å². The Bertz CT molecular complexity index is 1050. The van der Waals surface area contributed by atoms with Crippen LogP contribution in [0.1, 0.15) is 73.6 Å². The molecular formula is C34H46O2Si. The van der Waals surface area contributed by atoms with Gasteiger partial charge in [0.2, 0.25) is 0 Å². The van der Waals surface area contributed by atoms with E-state index in [9.17, 15) is 4.79 Å². The summed E-state index contributed by atoms with van der Waals surface area (Å²) in [6.07, 6.45) is 13.1. The zero-order chi connectivity index (χ0) is 27.3. The molecule has 3 heteroatoms. The van der Waals surface area contributed by atoms with E-state index in [4.69, 9.17) is 4.43 Å². The third-order valence-electron chi connectivity index (χ3n) is 6.74. The van der Waals surface area contributed by atoms with Gasteiger partial charge in [0.1, 0.15) is 0 Å². The Labute approximate surface area is 227 Å². The molecule has 0 aromatic heterocycles. The third-order valence-corrected chi connectivity index (χ3v) is 11.7. The second kappa shape index (κ2) is 14.9. The first-order valence-electron chi connectivity index (χ1n) is 13.5. The highest BCUT2D eigenvalue weighted by molar-refractivity contribution is 6.99. The van der Waals surface area contributed by atoms with Crippen LogP contribution in [0, 0.1) is 0 Å². The predicted molar refractivity (Wildman–Crippen MR) is 163 cm³/mol. The van der Waals surface area contributed by atoms with Crippen LogP contribution >= 0.6 is 0 Å². The molecule has 37 heavy (non-hydrogen) atoms. The Kier molecular flexibility index (Phi) is 12.2. The van der Waals surface area contributed by atoms with Crippen molar-refractivity contribution in [3.05, 3.63) is 108 Å². The Morgan fingerprint density at radius 1 is 0.838 bits per heavy atom. The van der Waals surface area contributed by atoms with E-state index in [1.165, 1.54) is 21.5 Å². The fourth-order valence-corrected chi connectivity index (χ4v) is 9.24. The Hall–Kier alpha value is -2.75. The highest BCUT2D eigenvalue weighted by atomic mass is 28.4. The smallest absolute Gasteiger partial charge is 0.261 e. The quantitative estimate of drug-likeness (QED) is 0.145. The normalized spacial score (nSPS) is 13.2. The first-order chi connectivity index (χ1) is 17.6. The van der Waals surface area contributed by atoms with Crippen LogP contribution in [0.3, 0.4) is 0 Å². The molecule has 2 aromatic rings. The number of carbonyl (C=O) groups excluding carboxylic acids is 1. The Morgan fingerprint density at radius 3 is 1.86 bits per heavy atom. The van der Waals surface area contributed by atoms with E-state index in [-0.39, 0.29) is 10.8 Å². The largest absolute Gasteiger partial charge is 0.403 e. The monoisotopic (exact) mass is 514 g/mol. The van der Waals surface area contributed by atoms with Crippen molar-refractivity contribution in [2.45, 2.75) is 78.7 Å². The molecule has 0 atom stereocenters. The van der Waals surface area contributed by atoms with Gasteiger partial charge in [-0.15, -0.1) is 0 Å². The summed E-state index contributed by atoms with van der Waals surface area (Å²) >= 11 is 0. The van der Waals surface area contributed by atoms with Crippen molar-refractivity contribution >= 4 is 24.5 Å². The topological polar surface area (TPSA) is 26.3 Å². The van der Waals surface area contributed by atoms with Gasteiger partial charge in [0, 0.05) is 0 Å². The van der Waals surface area contributed by atoms with Gasteiger partial charge >= 0.3 is 0 Å². The third kappa shape index (κ3) is 9.57. The van der Waals surface area contributed by atoms with Gasteiger partial charge < -0.3 is 4.43 Å². The van der Waals surface area contributed by atoms with Crippen molar-refractivity contribution in [2.24, 2.45) is 0 Å². The maximum Gasteiger partial charge on any atom is 0.261 e. The summed E-state index contributed by atoms with van der Waals surface area (Å²) in [6.45, 7) is 17.8. The number of ketones is 1. The Morgan fingerprint density at radius 2 is 1.35 bits per heavy atom. The molecule has 0 N–H and O–H groups in total. The zero-order valence-corrected chi connectivity index (χ0v) is 24.8. The van der Waals surface area contributed by atoms with Gasteiger partial charge in [-0.25, -0.2) is 0 Å². The van der Waals surface area contributed by atoms with Crippen LogP contribution in [0.4, 0.5) is 0 Å². The van der Waals surface area contributed by atoms with Crippen molar-refractivity contribution in [1.82, 2.24) is 0 Å². The highest BCUT2D eigenvalue weighted by Crippen LogP contribution is 2.37. The van der Waals surface area contributed by atoms with Crippen LogP contribution in [-0.4, -0.2) is 20.7 Å². The molecule has 0 aliphatic heterocycles. The van der Waals surface area contributed by atoms with Crippen molar-refractivity contribution in [1.29, 1.82) is 0 Å². The van der Waals surface area contributed by atoms with Crippen LogP contribution in [0.5, 0.6) is 0 Å². The van der Waals surface area contributed by atoms with E-state index < -0.39 is 8.32 Å². The van der Waals surface area contributed by atoms with Crippen molar-refractivity contribution in [2.75, 3.05) is 6.61 Å². The molecule has 0 aliphatic rings. The van der Waals surface area contributed by atoms with Crippen molar-refractivity contribution < 1.29 is 9.22 Å². The number of rotatable bonds is 14. The summed E-state index contributed by atoms with van der Waals surface area (Å²) < 4.78 is 7.01. The minimum absolute atomic E-state index is 0.0339. The van der Waals surface area contributed by atoms with Crippen LogP contribution < -0.4 is 10.4 Å². The summed E-state index contributed by atoms with van der Waals surface area (Å²) in [6, 6.07) is 21.5. The molecule has 0 aliphatic carbocycles. The SMILES string of the molecule is C=C(C/C=C(\C)CC/C=C(\C)CC/C=C/C(C)=O)CO[Si](c1ccccc1)(c1ccccc1)C(C)(C)C. The second-order valence-electron chi connectivity index (χ2n) is 11.1. The van der Waals surface area contributed by atoms with E-state index in [0.29, 0.717) is 6.61 Å². The Balaban J connectivity index is 2.02. The molecular weight excluding hydrogens is 468 g/mol. The van der Waals surface area contributed by atoms with Crippen molar-refractivity contribution in [3.8, 4) is 0 Å². The maximum atomic E-state index is 11.0. The average Bonchev–Trinajstić information content (AvgIpc) is 2.86. The lowest BCUT2D eigenvalue weighted by Gasteiger charge is -2.43. The number of carbonyl (C=O) groups is 1. The summed E-state index contributed by atoms with van der Waals surface area (Å²) in [5.41, 5.74) is 3.87. The summed E-state index contributed by atoms with van der Waals surface area (Å²) in [5, 5.41) is 2.56. The molecule has 2 nitrogen and oxygen atoms in total. The molecule has 0 bridgehead atoms. The summed E-state index contributed by atoms with van der Waals surface area (Å²) in [7, 11) is -2.54. The van der Waals surface area contributed by atoms with Gasteiger partial charge in [-0.1, -0.05) is 117 Å². The van der Waals surface area contributed by atoms with E-state index in [1.807, 2.05) is 6.08 Å². The predicted octanol–water partition coefficient (Wildman–Crippen LogP) is 8.11. The van der Waals surface area contributed by atoms with Gasteiger partial charge in [-0.05, 0) is 79.9 Å². The van der Waals surface area contributed by atoms with Crippen LogP contribution in [0.15, 0.2) is 108 Å².